The van der Waals surface area contributed by atoms with Gasteiger partial charge < -0.3 is 15.0 Å². The molecule has 8 heteroatoms. The summed E-state index contributed by atoms with van der Waals surface area (Å²) in [5, 5.41) is 9.48. The molecule has 0 atom stereocenters. The number of anilines is 1. The maximum Gasteiger partial charge on any atom is 0.146 e. The van der Waals surface area contributed by atoms with Crippen LogP contribution in [0.2, 0.25) is 5.02 Å². The first-order chi connectivity index (χ1) is 14.6. The Morgan fingerprint density at radius 1 is 1.10 bits per heavy atom. The number of hydrogen-bond acceptors (Lipinski definition) is 5. The minimum Gasteiger partial charge on any atom is -0.490 e. The van der Waals surface area contributed by atoms with Crippen molar-refractivity contribution in [2.24, 2.45) is 0 Å². The fraction of sp³-hybridized carbons (Fsp3) is 0.182. The molecule has 0 spiro atoms. The second-order valence-electron chi connectivity index (χ2n) is 7.31. The Labute approximate surface area is 177 Å². The largest absolute Gasteiger partial charge is 0.490 e. The van der Waals surface area contributed by atoms with E-state index < -0.39 is 0 Å². The number of benzene rings is 2. The van der Waals surface area contributed by atoms with E-state index in [0.29, 0.717) is 36.3 Å². The number of nitrogen functional groups attached to an aromatic ring is 1. The highest BCUT2D eigenvalue weighted by Crippen LogP contribution is 2.35. The number of fused-ring (bicyclic) bond motifs is 2. The van der Waals surface area contributed by atoms with E-state index in [1.165, 1.54) is 12.1 Å². The Morgan fingerprint density at radius 2 is 2.00 bits per heavy atom. The Balaban J connectivity index is 1.49. The van der Waals surface area contributed by atoms with Crippen molar-refractivity contribution in [2.45, 2.75) is 13.1 Å². The minimum atomic E-state index is -0.255. The summed E-state index contributed by atoms with van der Waals surface area (Å²) < 4.78 is 21.5. The fourth-order valence-corrected chi connectivity index (χ4v) is 4.09. The third-order valence-corrected chi connectivity index (χ3v) is 5.49. The maximum absolute atomic E-state index is 13.6. The lowest BCUT2D eigenvalue weighted by Gasteiger charge is -2.19. The Hall–Kier alpha value is -3.16. The van der Waals surface area contributed by atoms with Crippen LogP contribution in [0.5, 0.6) is 5.75 Å². The van der Waals surface area contributed by atoms with Gasteiger partial charge in [0.05, 0.1) is 16.2 Å². The third kappa shape index (κ3) is 3.58. The van der Waals surface area contributed by atoms with Gasteiger partial charge >= 0.3 is 0 Å². The van der Waals surface area contributed by atoms with Crippen LogP contribution in [0.4, 0.5) is 10.2 Å². The van der Waals surface area contributed by atoms with Crippen molar-refractivity contribution in [3.8, 4) is 11.4 Å². The summed E-state index contributed by atoms with van der Waals surface area (Å²) in [6.45, 7) is 2.55. The molecule has 0 saturated heterocycles. The standard InChI is InChI=1S/C22H19ClFN5O/c23-19-11-18(29-6-5-14-9-16(24)1-3-20(14)29)10-15-12-28(7-8-30-22(15)19)13-17-2-4-21(25)27-26-17/h1-6,9-11H,7-8,12-13H2,(H2,25,27). The summed E-state index contributed by atoms with van der Waals surface area (Å²) in [4.78, 5) is 2.23. The van der Waals surface area contributed by atoms with Crippen molar-refractivity contribution in [1.82, 2.24) is 19.7 Å². The first-order valence-corrected chi connectivity index (χ1v) is 9.97. The molecule has 0 unspecified atom stereocenters. The van der Waals surface area contributed by atoms with Crippen LogP contribution in [-0.2, 0) is 13.1 Å². The molecule has 2 N–H and O–H groups in total. The fourth-order valence-electron chi connectivity index (χ4n) is 3.81. The molecule has 0 saturated carbocycles. The molecule has 0 amide bonds. The number of rotatable bonds is 3. The Morgan fingerprint density at radius 3 is 2.83 bits per heavy atom. The first kappa shape index (κ1) is 18.8. The summed E-state index contributed by atoms with van der Waals surface area (Å²) in [7, 11) is 0. The third-order valence-electron chi connectivity index (χ3n) is 5.21. The second-order valence-corrected chi connectivity index (χ2v) is 7.72. The van der Waals surface area contributed by atoms with Crippen LogP contribution in [0.3, 0.4) is 0 Å². The van der Waals surface area contributed by atoms with Crippen molar-refractivity contribution < 1.29 is 9.13 Å². The van der Waals surface area contributed by atoms with Gasteiger partial charge in [-0.3, -0.25) is 4.90 Å². The van der Waals surface area contributed by atoms with Gasteiger partial charge in [-0.25, -0.2) is 4.39 Å². The van der Waals surface area contributed by atoms with Crippen LogP contribution < -0.4 is 10.5 Å². The quantitative estimate of drug-likeness (QED) is 0.535. The van der Waals surface area contributed by atoms with Crippen molar-refractivity contribution in [2.75, 3.05) is 18.9 Å². The zero-order valence-electron chi connectivity index (χ0n) is 16.1. The highest BCUT2D eigenvalue weighted by atomic mass is 35.5. The lowest BCUT2D eigenvalue weighted by molar-refractivity contribution is 0.217. The monoisotopic (exact) mass is 423 g/mol. The molecular formula is C22H19ClFN5O. The number of hydrogen-bond donors (Lipinski definition) is 1. The molecule has 5 rings (SSSR count). The predicted octanol–water partition coefficient (Wildman–Crippen LogP) is 4.19. The van der Waals surface area contributed by atoms with E-state index in [1.807, 2.05) is 29.0 Å². The SMILES string of the molecule is Nc1ccc(CN2CCOc3c(Cl)cc(-n4ccc5cc(F)ccc54)cc3C2)nn1. The molecule has 4 aromatic rings. The zero-order valence-corrected chi connectivity index (χ0v) is 16.8. The van der Waals surface area contributed by atoms with Gasteiger partial charge in [0.15, 0.2) is 0 Å². The summed E-state index contributed by atoms with van der Waals surface area (Å²) in [6, 6.07) is 14.2. The van der Waals surface area contributed by atoms with Gasteiger partial charge in [-0.05, 0) is 48.5 Å². The van der Waals surface area contributed by atoms with E-state index in [2.05, 4.69) is 21.2 Å². The molecule has 2 aromatic heterocycles. The van der Waals surface area contributed by atoms with Gasteiger partial charge in [0.1, 0.15) is 24.0 Å². The van der Waals surface area contributed by atoms with Gasteiger partial charge in [-0.1, -0.05) is 11.6 Å². The molecule has 3 heterocycles. The van der Waals surface area contributed by atoms with Gasteiger partial charge in [0, 0.05) is 42.5 Å². The van der Waals surface area contributed by atoms with Crippen LogP contribution in [0.1, 0.15) is 11.3 Å². The maximum atomic E-state index is 13.6. The van der Waals surface area contributed by atoms with Gasteiger partial charge in [-0.2, -0.15) is 5.10 Å². The Kier molecular flexibility index (Phi) is 4.77. The van der Waals surface area contributed by atoms with Gasteiger partial charge in [-0.15, -0.1) is 5.10 Å². The number of halogens is 2. The number of aromatic nitrogens is 3. The average Bonchev–Trinajstić information content (AvgIpc) is 3.02. The summed E-state index contributed by atoms with van der Waals surface area (Å²) in [5.74, 6) is 0.849. The highest BCUT2D eigenvalue weighted by molar-refractivity contribution is 6.32. The predicted molar refractivity (Wildman–Crippen MR) is 114 cm³/mol. The van der Waals surface area contributed by atoms with E-state index in [4.69, 9.17) is 22.1 Å². The average molecular weight is 424 g/mol. The van der Waals surface area contributed by atoms with Crippen molar-refractivity contribution in [1.29, 1.82) is 0 Å². The number of nitrogens with zero attached hydrogens (tertiary/aromatic N) is 4. The number of ether oxygens (including phenoxy) is 1. The molecule has 1 aliphatic rings. The van der Waals surface area contributed by atoms with Crippen LogP contribution in [0.15, 0.2) is 54.7 Å². The lowest BCUT2D eigenvalue weighted by Crippen LogP contribution is -2.25. The zero-order chi connectivity index (χ0) is 20.7. The molecule has 0 radical (unpaired) electrons. The first-order valence-electron chi connectivity index (χ1n) is 9.59. The molecule has 152 valence electrons. The van der Waals surface area contributed by atoms with E-state index in [-0.39, 0.29) is 5.82 Å². The van der Waals surface area contributed by atoms with Gasteiger partial charge in [0.2, 0.25) is 0 Å². The van der Waals surface area contributed by atoms with Crippen LogP contribution >= 0.6 is 11.6 Å². The molecule has 6 nitrogen and oxygen atoms in total. The topological polar surface area (TPSA) is 69.2 Å². The normalized spacial score (nSPS) is 14.3. The summed E-state index contributed by atoms with van der Waals surface area (Å²) >= 11 is 6.59. The summed E-state index contributed by atoms with van der Waals surface area (Å²) in [6.07, 6.45) is 1.92. The summed E-state index contributed by atoms with van der Waals surface area (Å²) in [5.41, 5.74) is 9.27. The molecule has 0 aliphatic carbocycles. The molecule has 0 fully saturated rings. The van der Waals surface area contributed by atoms with Crippen LogP contribution in [0, 0.1) is 5.82 Å². The van der Waals surface area contributed by atoms with Crippen LogP contribution in [0.25, 0.3) is 16.6 Å². The molecule has 1 aliphatic heterocycles. The van der Waals surface area contributed by atoms with Crippen molar-refractivity contribution >= 4 is 28.3 Å². The molecular weight excluding hydrogens is 405 g/mol. The highest BCUT2D eigenvalue weighted by Gasteiger charge is 2.20. The number of nitrogens with two attached hydrogens (primary N) is 1. The molecule has 30 heavy (non-hydrogen) atoms. The second kappa shape index (κ2) is 7.59. The lowest BCUT2D eigenvalue weighted by atomic mass is 10.1. The minimum absolute atomic E-state index is 0.255. The van der Waals surface area contributed by atoms with Crippen LogP contribution in [-0.4, -0.2) is 32.8 Å². The van der Waals surface area contributed by atoms with E-state index in [1.54, 1.807) is 12.1 Å². The van der Waals surface area contributed by atoms with Crippen molar-refractivity contribution in [3.05, 3.63) is 76.8 Å². The Bertz CT molecular complexity index is 1220. The van der Waals surface area contributed by atoms with E-state index in [0.717, 1.165) is 34.4 Å². The van der Waals surface area contributed by atoms with Gasteiger partial charge in [0.25, 0.3) is 0 Å². The van der Waals surface area contributed by atoms with E-state index >= 15 is 0 Å². The smallest absolute Gasteiger partial charge is 0.146 e. The molecule has 0 bridgehead atoms. The van der Waals surface area contributed by atoms with Crippen molar-refractivity contribution in [3.63, 3.8) is 0 Å². The van der Waals surface area contributed by atoms with E-state index in [9.17, 15) is 4.39 Å². The molecule has 2 aromatic carbocycles.